The quantitative estimate of drug-likeness (QED) is 0.662. The molecule has 1 aromatic heterocycles. The summed E-state index contributed by atoms with van der Waals surface area (Å²) in [4.78, 5) is 3.85. The molecule has 0 aliphatic rings. The Kier molecular flexibility index (Phi) is 1.93. The molecule has 0 radical (unpaired) electrons. The van der Waals surface area contributed by atoms with Gasteiger partial charge in [-0.2, -0.15) is 0 Å². The van der Waals surface area contributed by atoms with Gasteiger partial charge in [0.2, 0.25) is 0 Å². The van der Waals surface area contributed by atoms with E-state index in [1.54, 1.807) is 12.3 Å². The summed E-state index contributed by atoms with van der Waals surface area (Å²) in [6.07, 6.45) is 1.59. The Morgan fingerprint density at radius 1 is 1.67 bits per heavy atom. The van der Waals surface area contributed by atoms with Crippen molar-refractivity contribution in [2.45, 2.75) is 0 Å². The van der Waals surface area contributed by atoms with Crippen LogP contribution in [0.4, 0.5) is 5.69 Å². The summed E-state index contributed by atoms with van der Waals surface area (Å²) >= 11 is 8.74. The van der Waals surface area contributed by atoms with Crippen LogP contribution >= 0.6 is 27.5 Å². The van der Waals surface area contributed by atoms with Gasteiger partial charge < -0.3 is 5.73 Å². The van der Waals surface area contributed by atoms with E-state index in [1.165, 1.54) is 0 Å². The molecule has 0 aromatic carbocycles. The van der Waals surface area contributed by atoms with Crippen LogP contribution in [0.5, 0.6) is 0 Å². The predicted octanol–water partition coefficient (Wildman–Crippen LogP) is 2.08. The van der Waals surface area contributed by atoms with E-state index in [0.29, 0.717) is 15.3 Å². The molecule has 0 spiro atoms. The molecule has 1 heterocycles. The fraction of sp³-hybridized carbons (Fsp3) is 0. The summed E-state index contributed by atoms with van der Waals surface area (Å²) in [5, 5.41) is 0.525. The lowest BCUT2D eigenvalue weighted by molar-refractivity contribution is 1.28. The van der Waals surface area contributed by atoms with Crippen molar-refractivity contribution in [3.05, 3.63) is 21.9 Å². The third-order valence-corrected chi connectivity index (χ3v) is 1.85. The molecule has 0 aliphatic carbocycles. The maximum Gasteiger partial charge on any atom is 0.130 e. The normalized spacial score (nSPS) is 9.56. The molecule has 0 fully saturated rings. The molecule has 0 saturated heterocycles. The summed E-state index contributed by atoms with van der Waals surface area (Å²) in [5.74, 6) is 0. The van der Waals surface area contributed by atoms with E-state index in [9.17, 15) is 0 Å². The Balaban J connectivity index is 3.25. The van der Waals surface area contributed by atoms with Crippen LogP contribution in [0.2, 0.25) is 5.02 Å². The molecule has 4 heteroatoms. The monoisotopic (exact) mass is 206 g/mol. The number of rotatable bonds is 0. The van der Waals surface area contributed by atoms with Crippen LogP contribution < -0.4 is 5.73 Å². The van der Waals surface area contributed by atoms with E-state index in [-0.39, 0.29) is 0 Å². The first-order chi connectivity index (χ1) is 4.22. The highest BCUT2D eigenvalue weighted by Gasteiger charge is 1.98. The minimum absolute atomic E-state index is 0.485. The third-order valence-electron chi connectivity index (χ3n) is 0.888. The standard InChI is InChI=1S/C5H4BrClN2/c6-5-4(8)3(7)1-2-9-5/h1-2H,8H2. The summed E-state index contributed by atoms with van der Waals surface area (Å²) in [7, 11) is 0. The highest BCUT2D eigenvalue weighted by Crippen LogP contribution is 2.23. The van der Waals surface area contributed by atoms with E-state index in [2.05, 4.69) is 20.9 Å². The first kappa shape index (κ1) is 6.83. The number of hydrogen-bond donors (Lipinski definition) is 1. The van der Waals surface area contributed by atoms with Crippen molar-refractivity contribution in [1.82, 2.24) is 4.98 Å². The van der Waals surface area contributed by atoms with Crippen LogP contribution in [0.15, 0.2) is 16.9 Å². The van der Waals surface area contributed by atoms with Crippen LogP contribution in [0, 0.1) is 0 Å². The Morgan fingerprint density at radius 2 is 2.33 bits per heavy atom. The van der Waals surface area contributed by atoms with Gasteiger partial charge in [0.05, 0.1) is 10.7 Å². The zero-order valence-corrected chi connectivity index (χ0v) is 6.78. The first-order valence-electron chi connectivity index (χ1n) is 2.27. The van der Waals surface area contributed by atoms with Crippen molar-refractivity contribution in [3.8, 4) is 0 Å². The summed E-state index contributed by atoms with van der Waals surface area (Å²) < 4.78 is 0.593. The van der Waals surface area contributed by atoms with Crippen molar-refractivity contribution in [3.63, 3.8) is 0 Å². The number of halogens is 2. The molecule has 0 unspecified atom stereocenters. The average molecular weight is 207 g/mol. The summed E-state index contributed by atoms with van der Waals surface area (Å²) in [6.45, 7) is 0. The lowest BCUT2D eigenvalue weighted by Crippen LogP contribution is -1.88. The molecular weight excluding hydrogens is 203 g/mol. The molecule has 2 nitrogen and oxygen atoms in total. The van der Waals surface area contributed by atoms with Gasteiger partial charge in [0.25, 0.3) is 0 Å². The largest absolute Gasteiger partial charge is 0.395 e. The minimum atomic E-state index is 0.485. The molecule has 0 saturated carbocycles. The summed E-state index contributed by atoms with van der Waals surface area (Å²) in [5.41, 5.74) is 5.93. The molecule has 48 valence electrons. The number of aromatic nitrogens is 1. The Bertz CT molecular complexity index is 206. The second-order valence-electron chi connectivity index (χ2n) is 1.50. The Hall–Kier alpha value is -0.280. The van der Waals surface area contributed by atoms with Crippen molar-refractivity contribution in [2.24, 2.45) is 0 Å². The lowest BCUT2D eigenvalue weighted by atomic mass is 10.4. The topological polar surface area (TPSA) is 38.9 Å². The molecule has 0 bridgehead atoms. The van der Waals surface area contributed by atoms with Crippen LogP contribution in [0.3, 0.4) is 0 Å². The van der Waals surface area contributed by atoms with Gasteiger partial charge >= 0.3 is 0 Å². The van der Waals surface area contributed by atoms with E-state index in [1.807, 2.05) is 0 Å². The number of nitrogens with two attached hydrogens (primary N) is 1. The summed E-state index contributed by atoms with van der Waals surface area (Å²) in [6, 6.07) is 1.64. The van der Waals surface area contributed by atoms with Crippen LogP contribution in [0.1, 0.15) is 0 Å². The molecule has 9 heavy (non-hydrogen) atoms. The second kappa shape index (κ2) is 2.54. The zero-order valence-electron chi connectivity index (χ0n) is 4.44. The highest BCUT2D eigenvalue weighted by molar-refractivity contribution is 9.10. The molecule has 0 atom stereocenters. The average Bonchev–Trinajstić information content (AvgIpc) is 1.83. The van der Waals surface area contributed by atoms with Gasteiger partial charge in [0.1, 0.15) is 4.60 Å². The van der Waals surface area contributed by atoms with Crippen molar-refractivity contribution < 1.29 is 0 Å². The molecule has 1 aromatic rings. The second-order valence-corrected chi connectivity index (χ2v) is 2.66. The van der Waals surface area contributed by atoms with E-state index >= 15 is 0 Å². The molecular formula is C5H4BrClN2. The third kappa shape index (κ3) is 1.34. The molecule has 0 amide bonds. The van der Waals surface area contributed by atoms with Gasteiger partial charge in [-0.15, -0.1) is 0 Å². The molecule has 0 aliphatic heterocycles. The number of nitrogen functional groups attached to an aromatic ring is 1. The van der Waals surface area contributed by atoms with E-state index < -0.39 is 0 Å². The van der Waals surface area contributed by atoms with Gasteiger partial charge in [-0.05, 0) is 22.0 Å². The Labute approximate surface area is 66.2 Å². The van der Waals surface area contributed by atoms with Gasteiger partial charge in [0.15, 0.2) is 0 Å². The predicted molar refractivity (Wildman–Crippen MR) is 41.4 cm³/mol. The first-order valence-corrected chi connectivity index (χ1v) is 3.44. The van der Waals surface area contributed by atoms with Crippen molar-refractivity contribution in [2.75, 3.05) is 5.73 Å². The van der Waals surface area contributed by atoms with Gasteiger partial charge in [-0.1, -0.05) is 11.6 Å². The van der Waals surface area contributed by atoms with E-state index in [4.69, 9.17) is 17.3 Å². The van der Waals surface area contributed by atoms with Crippen LogP contribution in [-0.4, -0.2) is 4.98 Å². The number of pyridine rings is 1. The smallest absolute Gasteiger partial charge is 0.130 e. The number of nitrogens with zero attached hydrogens (tertiary/aromatic N) is 1. The van der Waals surface area contributed by atoms with Gasteiger partial charge in [-0.25, -0.2) is 4.98 Å². The maximum atomic E-state index is 5.62. The molecule has 1 rings (SSSR count). The van der Waals surface area contributed by atoms with Crippen LogP contribution in [0.25, 0.3) is 0 Å². The van der Waals surface area contributed by atoms with Gasteiger partial charge in [-0.3, -0.25) is 0 Å². The van der Waals surface area contributed by atoms with Gasteiger partial charge in [0, 0.05) is 6.20 Å². The fourth-order valence-electron chi connectivity index (χ4n) is 0.426. The van der Waals surface area contributed by atoms with E-state index in [0.717, 1.165) is 0 Å². The Morgan fingerprint density at radius 3 is 2.78 bits per heavy atom. The van der Waals surface area contributed by atoms with Crippen molar-refractivity contribution in [1.29, 1.82) is 0 Å². The van der Waals surface area contributed by atoms with Crippen LogP contribution in [-0.2, 0) is 0 Å². The fourth-order valence-corrected chi connectivity index (χ4v) is 1.02. The number of hydrogen-bond acceptors (Lipinski definition) is 2. The zero-order chi connectivity index (χ0) is 6.85. The van der Waals surface area contributed by atoms with Crippen molar-refractivity contribution >= 4 is 33.2 Å². The maximum absolute atomic E-state index is 5.62. The molecule has 2 N–H and O–H groups in total. The number of anilines is 1. The minimum Gasteiger partial charge on any atom is -0.395 e. The lowest BCUT2D eigenvalue weighted by Gasteiger charge is -1.96. The highest BCUT2D eigenvalue weighted by atomic mass is 79.9. The SMILES string of the molecule is Nc1c(Cl)ccnc1Br.